The van der Waals surface area contributed by atoms with Crippen LogP contribution in [0.3, 0.4) is 0 Å². The summed E-state index contributed by atoms with van der Waals surface area (Å²) in [5.74, 6) is 0. The predicted molar refractivity (Wildman–Crippen MR) is 58.1 cm³/mol. The normalized spacial score (nSPS) is 42.6. The third-order valence-corrected chi connectivity index (χ3v) is 3.64. The molecule has 1 N–H and O–H groups in total. The smallest absolute Gasteiger partial charge is 0.119 e. The molecular weight excluding hydrogens is 174 g/mol. The largest absolute Gasteiger partial charge is 0.361 e. The van der Waals surface area contributed by atoms with Gasteiger partial charge in [-0.05, 0) is 44.4 Å². The molecular formula is C12H23NO. The zero-order chi connectivity index (χ0) is 10.2. The van der Waals surface area contributed by atoms with Gasteiger partial charge in [-0.25, -0.2) is 0 Å². The maximum atomic E-state index is 6.00. The Morgan fingerprint density at radius 3 is 2.71 bits per heavy atom. The topological polar surface area (TPSA) is 21.3 Å². The molecule has 1 heterocycles. The SMILES string of the molecule is CC1CCOC2(CCCC(C)(C)C2)N1. The number of ether oxygens (including phenoxy) is 1. The third-order valence-electron chi connectivity index (χ3n) is 3.64. The standard InChI is InChI=1S/C12H23NO/c1-10-5-8-14-12(13-10)7-4-6-11(2,3)9-12/h10,13H,4-9H2,1-3H3. The Morgan fingerprint density at radius 2 is 2.07 bits per heavy atom. The number of rotatable bonds is 0. The molecule has 0 aromatic heterocycles. The molecule has 82 valence electrons. The second kappa shape index (κ2) is 3.49. The first-order valence-corrected chi connectivity index (χ1v) is 5.93. The molecule has 1 spiro atoms. The average molecular weight is 197 g/mol. The van der Waals surface area contributed by atoms with Gasteiger partial charge in [0.1, 0.15) is 5.72 Å². The van der Waals surface area contributed by atoms with E-state index in [1.54, 1.807) is 0 Å². The fourth-order valence-corrected chi connectivity index (χ4v) is 3.04. The highest BCUT2D eigenvalue weighted by Crippen LogP contribution is 2.42. The highest BCUT2D eigenvalue weighted by molar-refractivity contribution is 4.93. The van der Waals surface area contributed by atoms with Gasteiger partial charge in [0.25, 0.3) is 0 Å². The van der Waals surface area contributed by atoms with Crippen molar-refractivity contribution in [3.63, 3.8) is 0 Å². The first-order valence-electron chi connectivity index (χ1n) is 5.93. The molecule has 1 aliphatic heterocycles. The minimum atomic E-state index is 0.0133. The molecule has 0 radical (unpaired) electrons. The van der Waals surface area contributed by atoms with Crippen LogP contribution in [0, 0.1) is 5.41 Å². The molecule has 1 saturated carbocycles. The first kappa shape index (κ1) is 10.4. The van der Waals surface area contributed by atoms with Gasteiger partial charge in [0.2, 0.25) is 0 Å². The van der Waals surface area contributed by atoms with E-state index in [4.69, 9.17) is 4.74 Å². The van der Waals surface area contributed by atoms with Crippen LogP contribution < -0.4 is 5.32 Å². The van der Waals surface area contributed by atoms with Crippen LogP contribution in [0.15, 0.2) is 0 Å². The van der Waals surface area contributed by atoms with Crippen molar-refractivity contribution in [2.45, 2.75) is 64.6 Å². The highest BCUT2D eigenvalue weighted by atomic mass is 16.5. The maximum Gasteiger partial charge on any atom is 0.119 e. The molecule has 1 aliphatic carbocycles. The summed E-state index contributed by atoms with van der Waals surface area (Å²) in [4.78, 5) is 0. The average Bonchev–Trinajstić information content (AvgIpc) is 2.00. The molecule has 2 nitrogen and oxygen atoms in total. The number of hydrogen-bond donors (Lipinski definition) is 1. The van der Waals surface area contributed by atoms with Gasteiger partial charge in [0, 0.05) is 6.04 Å². The molecule has 0 amide bonds. The van der Waals surface area contributed by atoms with Gasteiger partial charge in [-0.2, -0.15) is 0 Å². The Balaban J connectivity index is 2.06. The zero-order valence-electron chi connectivity index (χ0n) is 9.73. The zero-order valence-corrected chi connectivity index (χ0v) is 9.73. The number of hydrogen-bond acceptors (Lipinski definition) is 2. The van der Waals surface area contributed by atoms with Crippen molar-refractivity contribution in [2.75, 3.05) is 6.61 Å². The fourth-order valence-electron chi connectivity index (χ4n) is 3.04. The number of nitrogens with one attached hydrogen (secondary N) is 1. The summed E-state index contributed by atoms with van der Waals surface area (Å²) in [6.45, 7) is 7.92. The van der Waals surface area contributed by atoms with Gasteiger partial charge in [0.05, 0.1) is 6.61 Å². The summed E-state index contributed by atoms with van der Waals surface area (Å²) in [5, 5.41) is 3.67. The van der Waals surface area contributed by atoms with Crippen molar-refractivity contribution in [3.05, 3.63) is 0 Å². The third kappa shape index (κ3) is 2.12. The van der Waals surface area contributed by atoms with Gasteiger partial charge in [-0.15, -0.1) is 0 Å². The Morgan fingerprint density at radius 1 is 1.29 bits per heavy atom. The lowest BCUT2D eigenvalue weighted by Gasteiger charge is -2.49. The van der Waals surface area contributed by atoms with E-state index < -0.39 is 0 Å². The molecule has 2 fully saturated rings. The van der Waals surface area contributed by atoms with Gasteiger partial charge in [0.15, 0.2) is 0 Å². The van der Waals surface area contributed by atoms with Crippen LogP contribution in [0.2, 0.25) is 0 Å². The second-order valence-electron chi connectivity index (χ2n) is 5.87. The second-order valence-corrected chi connectivity index (χ2v) is 5.87. The van der Waals surface area contributed by atoms with Crippen molar-refractivity contribution < 1.29 is 4.74 Å². The quantitative estimate of drug-likeness (QED) is 0.644. The van der Waals surface area contributed by atoms with Crippen molar-refractivity contribution in [1.29, 1.82) is 0 Å². The first-order chi connectivity index (χ1) is 6.52. The summed E-state index contributed by atoms with van der Waals surface area (Å²) >= 11 is 0. The van der Waals surface area contributed by atoms with Crippen molar-refractivity contribution in [1.82, 2.24) is 5.32 Å². The van der Waals surface area contributed by atoms with Crippen LogP contribution in [-0.2, 0) is 4.74 Å². The van der Waals surface area contributed by atoms with E-state index >= 15 is 0 Å². The monoisotopic (exact) mass is 197 g/mol. The Bertz CT molecular complexity index is 210. The summed E-state index contributed by atoms with van der Waals surface area (Å²) in [7, 11) is 0. The Hall–Kier alpha value is -0.0800. The van der Waals surface area contributed by atoms with Crippen molar-refractivity contribution in [3.8, 4) is 0 Å². The minimum Gasteiger partial charge on any atom is -0.361 e. The van der Waals surface area contributed by atoms with E-state index in [2.05, 4.69) is 26.1 Å². The van der Waals surface area contributed by atoms with Crippen LogP contribution in [0.1, 0.15) is 52.9 Å². The molecule has 2 rings (SSSR count). The predicted octanol–water partition coefficient (Wildman–Crippen LogP) is 2.68. The van der Waals surface area contributed by atoms with E-state index in [1.165, 1.54) is 25.7 Å². The molecule has 2 unspecified atom stereocenters. The van der Waals surface area contributed by atoms with Gasteiger partial charge in [-0.3, -0.25) is 5.32 Å². The molecule has 0 aromatic carbocycles. The van der Waals surface area contributed by atoms with E-state index in [1.807, 2.05) is 0 Å². The van der Waals surface area contributed by atoms with E-state index in [-0.39, 0.29) is 5.72 Å². The summed E-state index contributed by atoms with van der Waals surface area (Å²) in [5.41, 5.74) is 0.460. The lowest BCUT2D eigenvalue weighted by atomic mass is 9.72. The highest BCUT2D eigenvalue weighted by Gasteiger charge is 2.43. The van der Waals surface area contributed by atoms with Crippen LogP contribution in [-0.4, -0.2) is 18.4 Å². The summed E-state index contributed by atoms with van der Waals surface area (Å²) < 4.78 is 6.00. The van der Waals surface area contributed by atoms with Crippen LogP contribution in [0.4, 0.5) is 0 Å². The molecule has 0 bridgehead atoms. The fraction of sp³-hybridized carbons (Fsp3) is 1.00. The summed E-state index contributed by atoms with van der Waals surface area (Å²) in [6.07, 6.45) is 6.16. The Labute approximate surface area is 87.4 Å². The van der Waals surface area contributed by atoms with Gasteiger partial charge >= 0.3 is 0 Å². The van der Waals surface area contributed by atoms with Crippen molar-refractivity contribution >= 4 is 0 Å². The van der Waals surface area contributed by atoms with Crippen LogP contribution in [0.25, 0.3) is 0 Å². The van der Waals surface area contributed by atoms with Crippen LogP contribution in [0.5, 0.6) is 0 Å². The van der Waals surface area contributed by atoms with E-state index in [0.717, 1.165) is 13.0 Å². The lowest BCUT2D eigenvalue weighted by Crippen LogP contribution is -2.58. The molecule has 14 heavy (non-hydrogen) atoms. The molecule has 1 saturated heterocycles. The molecule has 2 aliphatic rings. The molecule has 2 heteroatoms. The van der Waals surface area contributed by atoms with Gasteiger partial charge < -0.3 is 4.74 Å². The van der Waals surface area contributed by atoms with E-state index in [0.29, 0.717) is 11.5 Å². The maximum absolute atomic E-state index is 6.00. The molecule has 2 atom stereocenters. The van der Waals surface area contributed by atoms with Crippen LogP contribution >= 0.6 is 0 Å². The summed E-state index contributed by atoms with van der Waals surface area (Å²) in [6, 6.07) is 0.623. The molecule has 0 aromatic rings. The van der Waals surface area contributed by atoms with Gasteiger partial charge in [-0.1, -0.05) is 13.8 Å². The lowest BCUT2D eigenvalue weighted by molar-refractivity contribution is -0.149. The van der Waals surface area contributed by atoms with Crippen molar-refractivity contribution in [2.24, 2.45) is 5.41 Å². The Kier molecular flexibility index (Phi) is 2.61. The minimum absolute atomic E-state index is 0.0133. The van der Waals surface area contributed by atoms with E-state index in [9.17, 15) is 0 Å².